The molecule has 18 heavy (non-hydrogen) atoms. The van der Waals surface area contributed by atoms with Crippen LogP contribution >= 0.6 is 0 Å². The van der Waals surface area contributed by atoms with Crippen LogP contribution in [0.2, 0.25) is 0 Å². The minimum absolute atomic E-state index is 0.244. The average molecular weight is 248 g/mol. The first-order chi connectivity index (χ1) is 8.63. The molecule has 0 aromatic carbocycles. The number of nitrogens with zero attached hydrogens (tertiary/aromatic N) is 3. The maximum atomic E-state index is 11.9. The van der Waals surface area contributed by atoms with Crippen molar-refractivity contribution in [2.45, 2.75) is 19.9 Å². The molecule has 0 fully saturated rings. The van der Waals surface area contributed by atoms with E-state index in [1.165, 1.54) is 0 Å². The van der Waals surface area contributed by atoms with Crippen LogP contribution in [0.25, 0.3) is 0 Å². The molecule has 0 saturated carbocycles. The number of nitrogen functional groups attached to an aromatic ring is 1. The second-order valence-electron chi connectivity index (χ2n) is 3.95. The first-order valence-corrected chi connectivity index (χ1v) is 5.71. The molecule has 96 valence electrons. The maximum absolute atomic E-state index is 11.9. The predicted molar refractivity (Wildman–Crippen MR) is 66.8 cm³/mol. The molecule has 2 aromatic rings. The fourth-order valence-corrected chi connectivity index (χ4v) is 1.66. The molecule has 0 aliphatic carbocycles. The van der Waals surface area contributed by atoms with Crippen LogP contribution in [0, 0.1) is 0 Å². The highest BCUT2D eigenvalue weighted by Gasteiger charge is 2.16. The summed E-state index contributed by atoms with van der Waals surface area (Å²) < 4.78 is 1.70. The highest BCUT2D eigenvalue weighted by atomic mass is 16.1. The molecular formula is C11H16N6O. The Morgan fingerprint density at radius 3 is 2.94 bits per heavy atom. The standard InChI is InChI=1S/C11H16N6O/c1-3-8-9(12)10(16-15-8)11(18)13-6-7-4-5-14-17(7)2/h4-5H,3,6,12H2,1-2H3,(H,13,18)(H,15,16). The number of nitrogens with one attached hydrogen (secondary N) is 2. The van der Waals surface area contributed by atoms with Gasteiger partial charge in [-0.2, -0.15) is 10.2 Å². The number of anilines is 1. The molecule has 2 heterocycles. The fourth-order valence-electron chi connectivity index (χ4n) is 1.66. The van der Waals surface area contributed by atoms with Gasteiger partial charge in [-0.15, -0.1) is 0 Å². The number of amides is 1. The number of H-pyrrole nitrogens is 1. The molecular weight excluding hydrogens is 232 g/mol. The Balaban J connectivity index is 2.04. The predicted octanol–water partition coefficient (Wildman–Crippen LogP) is 0.218. The maximum Gasteiger partial charge on any atom is 0.274 e. The van der Waals surface area contributed by atoms with E-state index in [4.69, 9.17) is 5.73 Å². The van der Waals surface area contributed by atoms with Crippen molar-refractivity contribution in [3.05, 3.63) is 29.3 Å². The van der Waals surface area contributed by atoms with Crippen LogP contribution in [0.5, 0.6) is 0 Å². The van der Waals surface area contributed by atoms with Crippen molar-refractivity contribution in [1.82, 2.24) is 25.3 Å². The lowest BCUT2D eigenvalue weighted by molar-refractivity contribution is 0.0946. The third-order valence-corrected chi connectivity index (χ3v) is 2.80. The molecule has 1 amide bonds. The Morgan fingerprint density at radius 1 is 1.61 bits per heavy atom. The van der Waals surface area contributed by atoms with Gasteiger partial charge >= 0.3 is 0 Å². The number of rotatable bonds is 4. The quantitative estimate of drug-likeness (QED) is 0.720. The summed E-state index contributed by atoms with van der Waals surface area (Å²) in [5.41, 5.74) is 8.17. The van der Waals surface area contributed by atoms with Crippen LogP contribution in [0.1, 0.15) is 28.8 Å². The van der Waals surface area contributed by atoms with E-state index in [1.54, 1.807) is 10.9 Å². The molecule has 2 rings (SSSR count). The lowest BCUT2D eigenvalue weighted by Crippen LogP contribution is -2.25. The van der Waals surface area contributed by atoms with Crippen molar-refractivity contribution >= 4 is 11.6 Å². The van der Waals surface area contributed by atoms with Crippen LogP contribution < -0.4 is 11.1 Å². The van der Waals surface area contributed by atoms with E-state index in [9.17, 15) is 4.79 Å². The minimum atomic E-state index is -0.287. The Labute approximate surface area is 104 Å². The van der Waals surface area contributed by atoms with Gasteiger partial charge in [-0.3, -0.25) is 14.6 Å². The molecule has 0 atom stereocenters. The number of carbonyl (C=O) groups is 1. The molecule has 0 saturated heterocycles. The molecule has 4 N–H and O–H groups in total. The Morgan fingerprint density at radius 2 is 2.39 bits per heavy atom. The zero-order chi connectivity index (χ0) is 13.1. The number of nitrogens with two attached hydrogens (primary N) is 1. The van der Waals surface area contributed by atoms with Crippen LogP contribution in [-0.4, -0.2) is 25.9 Å². The summed E-state index contributed by atoms with van der Waals surface area (Å²) in [5, 5.41) is 13.5. The van der Waals surface area contributed by atoms with Gasteiger partial charge in [0.1, 0.15) is 0 Å². The highest BCUT2D eigenvalue weighted by Crippen LogP contribution is 2.14. The lowest BCUT2D eigenvalue weighted by atomic mass is 10.2. The lowest BCUT2D eigenvalue weighted by Gasteiger charge is -2.04. The summed E-state index contributed by atoms with van der Waals surface area (Å²) >= 11 is 0. The smallest absolute Gasteiger partial charge is 0.274 e. The highest BCUT2D eigenvalue weighted by molar-refractivity contribution is 5.97. The van der Waals surface area contributed by atoms with E-state index in [0.717, 1.165) is 11.4 Å². The van der Waals surface area contributed by atoms with Crippen molar-refractivity contribution in [3.63, 3.8) is 0 Å². The molecule has 0 unspecified atom stereocenters. The van der Waals surface area contributed by atoms with E-state index in [1.807, 2.05) is 20.0 Å². The number of aromatic nitrogens is 4. The Hall–Kier alpha value is -2.31. The molecule has 7 nitrogen and oxygen atoms in total. The van der Waals surface area contributed by atoms with Gasteiger partial charge < -0.3 is 11.1 Å². The van der Waals surface area contributed by atoms with Crippen molar-refractivity contribution in [1.29, 1.82) is 0 Å². The van der Waals surface area contributed by atoms with Gasteiger partial charge in [0.15, 0.2) is 5.69 Å². The Kier molecular flexibility index (Phi) is 3.31. The third-order valence-electron chi connectivity index (χ3n) is 2.80. The summed E-state index contributed by atoms with van der Waals surface area (Å²) in [6, 6.07) is 1.84. The van der Waals surface area contributed by atoms with Gasteiger partial charge in [-0.05, 0) is 12.5 Å². The largest absolute Gasteiger partial charge is 0.395 e. The first-order valence-electron chi connectivity index (χ1n) is 5.71. The van der Waals surface area contributed by atoms with E-state index in [-0.39, 0.29) is 11.6 Å². The van der Waals surface area contributed by atoms with Gasteiger partial charge in [0, 0.05) is 13.2 Å². The summed E-state index contributed by atoms with van der Waals surface area (Å²) in [6.07, 6.45) is 2.40. The summed E-state index contributed by atoms with van der Waals surface area (Å²) in [5.74, 6) is -0.287. The molecule has 0 aliphatic heterocycles. The molecule has 0 bridgehead atoms. The van der Waals surface area contributed by atoms with E-state index < -0.39 is 0 Å². The SMILES string of the molecule is CCc1[nH]nc(C(=O)NCc2ccnn2C)c1N. The normalized spacial score (nSPS) is 10.6. The zero-order valence-electron chi connectivity index (χ0n) is 10.4. The Bertz CT molecular complexity index is 556. The van der Waals surface area contributed by atoms with E-state index >= 15 is 0 Å². The molecule has 0 aliphatic rings. The molecule has 7 heteroatoms. The van der Waals surface area contributed by atoms with Crippen molar-refractivity contribution < 1.29 is 4.79 Å². The number of aryl methyl sites for hydroxylation is 2. The topological polar surface area (TPSA) is 102 Å². The van der Waals surface area contributed by atoms with Gasteiger partial charge in [0.25, 0.3) is 5.91 Å². The number of hydrogen-bond acceptors (Lipinski definition) is 4. The second kappa shape index (κ2) is 4.91. The number of hydrogen-bond donors (Lipinski definition) is 3. The van der Waals surface area contributed by atoms with Crippen molar-refractivity contribution in [2.24, 2.45) is 7.05 Å². The third kappa shape index (κ3) is 2.20. The van der Waals surface area contributed by atoms with Crippen molar-refractivity contribution in [2.75, 3.05) is 5.73 Å². The van der Waals surface area contributed by atoms with Crippen molar-refractivity contribution in [3.8, 4) is 0 Å². The summed E-state index contributed by atoms with van der Waals surface area (Å²) in [7, 11) is 1.82. The minimum Gasteiger partial charge on any atom is -0.395 e. The fraction of sp³-hybridized carbons (Fsp3) is 0.364. The molecule has 0 radical (unpaired) electrons. The summed E-state index contributed by atoms with van der Waals surface area (Å²) in [4.78, 5) is 11.9. The average Bonchev–Trinajstić information content (AvgIpc) is 2.92. The van der Waals surface area contributed by atoms with Crippen LogP contribution in [-0.2, 0) is 20.0 Å². The van der Waals surface area contributed by atoms with Gasteiger partial charge in [0.05, 0.1) is 23.6 Å². The summed E-state index contributed by atoms with van der Waals surface area (Å²) in [6.45, 7) is 2.34. The van der Waals surface area contributed by atoms with Crippen LogP contribution in [0.3, 0.4) is 0 Å². The zero-order valence-corrected chi connectivity index (χ0v) is 10.4. The van der Waals surface area contributed by atoms with E-state index in [0.29, 0.717) is 18.7 Å². The van der Waals surface area contributed by atoms with E-state index in [2.05, 4.69) is 20.6 Å². The van der Waals surface area contributed by atoms with Crippen LogP contribution in [0.15, 0.2) is 12.3 Å². The monoisotopic (exact) mass is 248 g/mol. The molecule has 0 spiro atoms. The first kappa shape index (κ1) is 12.2. The number of aromatic amines is 1. The number of carbonyl (C=O) groups excluding carboxylic acids is 1. The van der Waals surface area contributed by atoms with Gasteiger partial charge in [-0.25, -0.2) is 0 Å². The molecule has 2 aromatic heterocycles. The van der Waals surface area contributed by atoms with Crippen LogP contribution in [0.4, 0.5) is 5.69 Å². The second-order valence-corrected chi connectivity index (χ2v) is 3.95. The van der Waals surface area contributed by atoms with Gasteiger partial charge in [0.2, 0.25) is 0 Å². The van der Waals surface area contributed by atoms with Gasteiger partial charge in [-0.1, -0.05) is 6.92 Å².